The van der Waals surface area contributed by atoms with Gasteiger partial charge in [-0.15, -0.1) is 19.0 Å². The summed E-state index contributed by atoms with van der Waals surface area (Å²) in [5.41, 5.74) is 6.31. The van der Waals surface area contributed by atoms with E-state index in [9.17, 15) is 4.79 Å². The number of benzene rings is 1. The Morgan fingerprint density at radius 1 is 1.56 bits per heavy atom. The Hall–Kier alpha value is -1.32. The molecule has 0 aliphatic rings. The highest BCUT2D eigenvalue weighted by Gasteiger charge is 2.30. The topological polar surface area (TPSA) is 63.3 Å². The molecule has 0 saturated carbocycles. The van der Waals surface area contributed by atoms with E-state index < -0.39 is 11.5 Å². The Morgan fingerprint density at radius 3 is 2.56 bits per heavy atom. The van der Waals surface area contributed by atoms with Gasteiger partial charge in [-0.3, -0.25) is 0 Å². The number of aliphatic carboxylic acids is 1. The molecule has 0 aromatic heterocycles. The fourth-order valence-corrected chi connectivity index (χ4v) is 1.36. The molecule has 88 valence electrons. The van der Waals surface area contributed by atoms with Crippen LogP contribution >= 0.6 is 12.4 Å². The summed E-state index contributed by atoms with van der Waals surface area (Å²) in [6.45, 7) is 5.41. The summed E-state index contributed by atoms with van der Waals surface area (Å²) in [5, 5.41) is 8.99. The van der Waals surface area contributed by atoms with Crippen LogP contribution in [0.15, 0.2) is 36.9 Å². The number of aryl methyl sites for hydroxylation is 1. The minimum Gasteiger partial charge on any atom is -0.480 e. The van der Waals surface area contributed by atoms with Crippen LogP contribution in [0.4, 0.5) is 0 Å². The van der Waals surface area contributed by atoms with Crippen molar-refractivity contribution in [1.29, 1.82) is 0 Å². The first-order chi connectivity index (χ1) is 6.99. The Labute approximate surface area is 101 Å². The van der Waals surface area contributed by atoms with Gasteiger partial charge in [0.25, 0.3) is 0 Å². The molecule has 1 atom stereocenters. The number of nitrogens with two attached hydrogens (primary N) is 1. The molecule has 0 bridgehead atoms. The number of halogens is 1. The Kier molecular flexibility index (Phi) is 5.21. The normalized spacial score (nSPS) is 13.4. The summed E-state index contributed by atoms with van der Waals surface area (Å²) in [6.07, 6.45) is 1.54. The largest absolute Gasteiger partial charge is 0.480 e. The molecule has 1 aromatic carbocycles. The summed E-state index contributed by atoms with van der Waals surface area (Å²) in [4.78, 5) is 11.0. The predicted molar refractivity (Wildman–Crippen MR) is 66.9 cm³/mol. The summed E-state index contributed by atoms with van der Waals surface area (Å²) >= 11 is 0. The van der Waals surface area contributed by atoms with Gasteiger partial charge in [0.15, 0.2) is 0 Å². The maximum atomic E-state index is 11.0. The van der Waals surface area contributed by atoms with Gasteiger partial charge in [0.05, 0.1) is 0 Å². The average Bonchev–Trinajstić information content (AvgIpc) is 2.21. The Morgan fingerprint density at radius 2 is 2.12 bits per heavy atom. The second-order valence-electron chi connectivity index (χ2n) is 3.65. The van der Waals surface area contributed by atoms with Gasteiger partial charge >= 0.3 is 5.97 Å². The molecule has 1 aromatic rings. The zero-order chi connectivity index (χ0) is 11.5. The van der Waals surface area contributed by atoms with Crippen molar-refractivity contribution in [3.63, 3.8) is 0 Å². The first-order valence-corrected chi connectivity index (χ1v) is 4.70. The lowest BCUT2D eigenvalue weighted by Gasteiger charge is -2.21. The quantitative estimate of drug-likeness (QED) is 0.792. The number of rotatable bonds is 4. The van der Waals surface area contributed by atoms with Crippen LogP contribution in [0.25, 0.3) is 0 Å². The molecule has 16 heavy (non-hydrogen) atoms. The molecule has 0 radical (unpaired) electrons. The molecular formula is C12H16ClNO2. The molecule has 0 saturated heterocycles. The van der Waals surface area contributed by atoms with E-state index in [0.29, 0.717) is 0 Å². The van der Waals surface area contributed by atoms with Crippen molar-refractivity contribution in [2.24, 2.45) is 5.73 Å². The molecule has 0 amide bonds. The van der Waals surface area contributed by atoms with Crippen molar-refractivity contribution >= 4 is 18.4 Å². The van der Waals surface area contributed by atoms with Gasteiger partial charge in [-0.1, -0.05) is 30.3 Å². The smallest absolute Gasteiger partial charge is 0.328 e. The van der Waals surface area contributed by atoms with Crippen molar-refractivity contribution in [3.05, 3.63) is 48.0 Å². The first-order valence-electron chi connectivity index (χ1n) is 4.70. The van der Waals surface area contributed by atoms with Crippen LogP contribution in [-0.4, -0.2) is 16.6 Å². The van der Waals surface area contributed by atoms with Gasteiger partial charge in [0.2, 0.25) is 0 Å². The van der Waals surface area contributed by atoms with E-state index in [0.717, 1.165) is 11.1 Å². The number of carbonyl (C=O) groups is 1. The zero-order valence-electron chi connectivity index (χ0n) is 9.14. The second kappa shape index (κ2) is 5.68. The summed E-state index contributed by atoms with van der Waals surface area (Å²) in [6, 6.07) is 7.59. The lowest BCUT2D eigenvalue weighted by Crippen LogP contribution is -2.48. The number of hydrogen-bond donors (Lipinski definition) is 2. The van der Waals surface area contributed by atoms with Crippen molar-refractivity contribution in [2.45, 2.75) is 18.9 Å². The van der Waals surface area contributed by atoms with Crippen LogP contribution in [0, 0.1) is 6.92 Å². The van der Waals surface area contributed by atoms with Crippen LogP contribution in [0.5, 0.6) is 0 Å². The van der Waals surface area contributed by atoms with Gasteiger partial charge in [-0.2, -0.15) is 0 Å². The third-order valence-electron chi connectivity index (χ3n) is 2.51. The maximum absolute atomic E-state index is 11.0. The number of hydrogen-bond acceptors (Lipinski definition) is 2. The summed E-state index contributed by atoms with van der Waals surface area (Å²) in [7, 11) is 0. The molecule has 1 rings (SSSR count). The molecular weight excluding hydrogens is 226 g/mol. The van der Waals surface area contributed by atoms with Crippen LogP contribution in [0.3, 0.4) is 0 Å². The lowest BCUT2D eigenvalue weighted by atomic mass is 9.90. The highest BCUT2D eigenvalue weighted by molar-refractivity contribution is 5.85. The minimum atomic E-state index is -1.38. The SMILES string of the molecule is C=C[C@](N)(Cc1ccccc1C)C(=O)O.Cl. The molecule has 3 nitrogen and oxygen atoms in total. The first kappa shape index (κ1) is 14.7. The molecule has 4 heteroatoms. The third-order valence-corrected chi connectivity index (χ3v) is 2.51. The molecule has 3 N–H and O–H groups in total. The summed E-state index contributed by atoms with van der Waals surface area (Å²) in [5.74, 6) is -1.05. The molecule has 0 unspecified atom stereocenters. The third kappa shape index (κ3) is 3.08. The Bertz CT molecular complexity index is 392. The number of carboxylic acid groups (broad SMARTS) is 1. The van der Waals surface area contributed by atoms with E-state index in [2.05, 4.69) is 6.58 Å². The average molecular weight is 242 g/mol. The van der Waals surface area contributed by atoms with Crippen LogP contribution in [-0.2, 0) is 11.2 Å². The van der Waals surface area contributed by atoms with Gasteiger partial charge in [0.1, 0.15) is 5.54 Å². The maximum Gasteiger partial charge on any atom is 0.328 e. The van der Waals surface area contributed by atoms with Crippen molar-refractivity contribution in [2.75, 3.05) is 0 Å². The molecule has 0 aliphatic heterocycles. The van der Waals surface area contributed by atoms with Gasteiger partial charge in [-0.05, 0) is 18.1 Å². The summed E-state index contributed by atoms with van der Waals surface area (Å²) < 4.78 is 0. The monoisotopic (exact) mass is 241 g/mol. The van der Waals surface area contributed by atoms with Crippen LogP contribution in [0.1, 0.15) is 11.1 Å². The van der Waals surface area contributed by atoms with E-state index >= 15 is 0 Å². The molecule has 0 fully saturated rings. The Balaban J connectivity index is 0.00000225. The minimum absolute atomic E-state index is 0. The fourth-order valence-electron chi connectivity index (χ4n) is 1.36. The van der Waals surface area contributed by atoms with E-state index in [1.54, 1.807) is 0 Å². The van der Waals surface area contributed by atoms with E-state index in [1.807, 2.05) is 31.2 Å². The van der Waals surface area contributed by atoms with Gasteiger partial charge < -0.3 is 10.8 Å². The zero-order valence-corrected chi connectivity index (χ0v) is 9.96. The van der Waals surface area contributed by atoms with Gasteiger partial charge in [-0.25, -0.2) is 4.79 Å². The van der Waals surface area contributed by atoms with Crippen molar-refractivity contribution in [3.8, 4) is 0 Å². The van der Waals surface area contributed by atoms with Crippen molar-refractivity contribution in [1.82, 2.24) is 0 Å². The standard InChI is InChI=1S/C12H15NO2.ClH/c1-3-12(13,11(14)15)8-10-7-5-4-6-9(10)2;/h3-7H,1,8,13H2,2H3,(H,14,15);1H/t12-;/m0./s1. The van der Waals surface area contributed by atoms with Gasteiger partial charge in [0, 0.05) is 6.42 Å². The lowest BCUT2D eigenvalue weighted by molar-refractivity contribution is -0.141. The highest BCUT2D eigenvalue weighted by atomic mass is 35.5. The predicted octanol–water partition coefficient (Wildman–Crippen LogP) is 1.93. The van der Waals surface area contributed by atoms with Crippen LogP contribution in [0.2, 0.25) is 0 Å². The van der Waals surface area contributed by atoms with Crippen LogP contribution < -0.4 is 5.73 Å². The van der Waals surface area contributed by atoms with E-state index in [1.165, 1.54) is 6.08 Å². The van der Waals surface area contributed by atoms with E-state index in [-0.39, 0.29) is 18.8 Å². The second-order valence-corrected chi connectivity index (χ2v) is 3.65. The molecule has 0 heterocycles. The van der Waals surface area contributed by atoms with E-state index in [4.69, 9.17) is 10.8 Å². The van der Waals surface area contributed by atoms with Crippen molar-refractivity contribution < 1.29 is 9.90 Å². The molecule has 0 aliphatic carbocycles. The number of carboxylic acids is 1. The fraction of sp³-hybridized carbons (Fsp3) is 0.250. The highest BCUT2D eigenvalue weighted by Crippen LogP contribution is 2.16. The molecule has 0 spiro atoms.